The van der Waals surface area contributed by atoms with E-state index in [0.717, 1.165) is 19.4 Å². The number of nitrogens with zero attached hydrogens (tertiary/aromatic N) is 3. The van der Waals surface area contributed by atoms with Crippen molar-refractivity contribution in [3.05, 3.63) is 48.2 Å². The van der Waals surface area contributed by atoms with E-state index in [2.05, 4.69) is 51.2 Å². The molecule has 3 aromatic rings. The third-order valence-corrected chi connectivity index (χ3v) is 4.74. The molecular weight excluding hydrogens is 328 g/mol. The van der Waals surface area contributed by atoms with Crippen LogP contribution in [0.3, 0.4) is 0 Å². The molecule has 2 aromatic heterocycles. The van der Waals surface area contributed by atoms with Gasteiger partial charge in [0, 0.05) is 18.3 Å². The first kappa shape index (κ1) is 15.6. The summed E-state index contributed by atoms with van der Waals surface area (Å²) in [4.78, 5) is 4.28. The van der Waals surface area contributed by atoms with Gasteiger partial charge in [0.05, 0.1) is 6.54 Å². The molecule has 0 amide bonds. The van der Waals surface area contributed by atoms with Crippen LogP contribution in [-0.4, -0.2) is 20.3 Å². The van der Waals surface area contributed by atoms with Crippen LogP contribution in [0.1, 0.15) is 30.7 Å². The van der Waals surface area contributed by atoms with Crippen LogP contribution >= 0.6 is 11.6 Å². The quantitative estimate of drug-likeness (QED) is 0.734. The Morgan fingerprint density at radius 3 is 2.96 bits per heavy atom. The van der Waals surface area contributed by atoms with Gasteiger partial charge in [-0.05, 0) is 36.3 Å². The average molecular weight is 347 g/mol. The standard InChI is InChI=1S/C17H19ClN4O2/c18-15-8-11(7-14(23-15)17-20-16(9-19)24-21-17)10-22-6-5-12-3-1-2-4-13(12)22/h1-6,11,14-15H,7-10,19H2. The highest BCUT2D eigenvalue weighted by Crippen LogP contribution is 2.36. The second kappa shape index (κ2) is 6.55. The summed E-state index contributed by atoms with van der Waals surface area (Å²) >= 11 is 6.31. The van der Waals surface area contributed by atoms with Crippen molar-refractivity contribution in [3.8, 4) is 0 Å². The van der Waals surface area contributed by atoms with E-state index >= 15 is 0 Å². The molecule has 0 saturated carbocycles. The Bertz CT molecular complexity index is 831. The summed E-state index contributed by atoms with van der Waals surface area (Å²) in [5.74, 6) is 1.32. The summed E-state index contributed by atoms with van der Waals surface area (Å²) in [5.41, 5.74) is 6.41. The Kier molecular flexibility index (Phi) is 4.26. The van der Waals surface area contributed by atoms with Gasteiger partial charge in [-0.3, -0.25) is 0 Å². The minimum Gasteiger partial charge on any atom is -0.351 e. The van der Waals surface area contributed by atoms with Gasteiger partial charge in [-0.1, -0.05) is 35.0 Å². The topological polar surface area (TPSA) is 79.1 Å². The number of hydrogen-bond donors (Lipinski definition) is 1. The number of rotatable bonds is 4. The van der Waals surface area contributed by atoms with Crippen molar-refractivity contribution in [3.63, 3.8) is 0 Å². The molecular formula is C17H19ClN4O2. The molecule has 126 valence electrons. The molecule has 1 aliphatic heterocycles. The Morgan fingerprint density at radius 1 is 1.25 bits per heavy atom. The van der Waals surface area contributed by atoms with Crippen LogP contribution in [0.15, 0.2) is 41.1 Å². The fraction of sp³-hybridized carbons (Fsp3) is 0.412. The SMILES string of the molecule is NCc1nc(C2CC(Cn3ccc4ccccc43)CC(Cl)O2)no1. The summed E-state index contributed by atoms with van der Waals surface area (Å²) in [5, 5.41) is 5.21. The average Bonchev–Trinajstić information content (AvgIpc) is 3.22. The van der Waals surface area contributed by atoms with E-state index in [-0.39, 0.29) is 18.2 Å². The Morgan fingerprint density at radius 2 is 2.12 bits per heavy atom. The Balaban J connectivity index is 1.52. The number of halogens is 1. The zero-order valence-corrected chi connectivity index (χ0v) is 13.9. The van der Waals surface area contributed by atoms with Crippen LogP contribution in [0.5, 0.6) is 0 Å². The molecule has 0 radical (unpaired) electrons. The molecule has 2 N–H and O–H groups in total. The van der Waals surface area contributed by atoms with Crippen molar-refractivity contribution in [2.75, 3.05) is 0 Å². The fourth-order valence-electron chi connectivity index (χ4n) is 3.33. The van der Waals surface area contributed by atoms with E-state index in [1.165, 1.54) is 10.9 Å². The molecule has 1 aromatic carbocycles. The highest BCUT2D eigenvalue weighted by molar-refractivity contribution is 6.19. The molecule has 0 spiro atoms. The van der Waals surface area contributed by atoms with Crippen molar-refractivity contribution in [2.24, 2.45) is 11.7 Å². The monoisotopic (exact) mass is 346 g/mol. The lowest BCUT2D eigenvalue weighted by Crippen LogP contribution is -2.28. The van der Waals surface area contributed by atoms with Crippen LogP contribution in [0.25, 0.3) is 10.9 Å². The number of benzene rings is 1. The molecule has 3 atom stereocenters. The third kappa shape index (κ3) is 3.05. The Labute approximate surface area is 144 Å². The van der Waals surface area contributed by atoms with Crippen molar-refractivity contribution in [1.29, 1.82) is 0 Å². The Hall–Kier alpha value is -1.89. The zero-order chi connectivity index (χ0) is 16.5. The number of alkyl halides is 1. The van der Waals surface area contributed by atoms with Crippen molar-refractivity contribution in [1.82, 2.24) is 14.7 Å². The number of para-hydroxylation sites is 1. The van der Waals surface area contributed by atoms with E-state index < -0.39 is 0 Å². The minimum atomic E-state index is -0.351. The van der Waals surface area contributed by atoms with Crippen molar-refractivity contribution >= 4 is 22.5 Å². The number of ether oxygens (including phenoxy) is 1. The van der Waals surface area contributed by atoms with Gasteiger partial charge in [0.25, 0.3) is 0 Å². The van der Waals surface area contributed by atoms with Gasteiger partial charge in [-0.15, -0.1) is 0 Å². The van der Waals surface area contributed by atoms with E-state index in [0.29, 0.717) is 17.6 Å². The van der Waals surface area contributed by atoms with Gasteiger partial charge in [0.1, 0.15) is 11.7 Å². The van der Waals surface area contributed by atoms with E-state index in [1.807, 2.05) is 0 Å². The lowest BCUT2D eigenvalue weighted by atomic mass is 9.95. The number of aromatic nitrogens is 3. The summed E-state index contributed by atoms with van der Waals surface area (Å²) in [6, 6.07) is 10.5. The molecule has 0 aliphatic carbocycles. The fourth-order valence-corrected chi connectivity index (χ4v) is 3.70. The third-order valence-electron chi connectivity index (χ3n) is 4.46. The first-order chi connectivity index (χ1) is 11.7. The lowest BCUT2D eigenvalue weighted by Gasteiger charge is -2.31. The molecule has 1 saturated heterocycles. The molecule has 0 bridgehead atoms. The summed E-state index contributed by atoms with van der Waals surface area (Å²) in [7, 11) is 0. The largest absolute Gasteiger partial charge is 0.351 e. The molecule has 3 heterocycles. The van der Waals surface area contributed by atoms with Crippen LogP contribution in [-0.2, 0) is 17.8 Å². The number of nitrogens with two attached hydrogens (primary N) is 1. The number of fused-ring (bicyclic) bond motifs is 1. The van der Waals surface area contributed by atoms with Gasteiger partial charge in [0.15, 0.2) is 0 Å². The van der Waals surface area contributed by atoms with Crippen molar-refractivity contribution < 1.29 is 9.26 Å². The van der Waals surface area contributed by atoms with E-state index in [1.54, 1.807) is 0 Å². The van der Waals surface area contributed by atoms with Gasteiger partial charge < -0.3 is 19.6 Å². The van der Waals surface area contributed by atoms with Gasteiger partial charge in [0.2, 0.25) is 11.7 Å². The first-order valence-electron chi connectivity index (χ1n) is 8.09. The second-order valence-electron chi connectivity index (χ2n) is 6.15. The predicted octanol–water partition coefficient (Wildman–Crippen LogP) is 3.22. The molecule has 7 heteroatoms. The summed E-state index contributed by atoms with van der Waals surface area (Å²) < 4.78 is 13.2. The molecule has 3 unspecified atom stereocenters. The normalized spacial score (nSPS) is 24.5. The molecule has 6 nitrogen and oxygen atoms in total. The highest BCUT2D eigenvalue weighted by atomic mass is 35.5. The van der Waals surface area contributed by atoms with Crippen LogP contribution < -0.4 is 5.73 Å². The van der Waals surface area contributed by atoms with E-state index in [9.17, 15) is 0 Å². The summed E-state index contributed by atoms with van der Waals surface area (Å²) in [6.45, 7) is 1.11. The maximum absolute atomic E-state index is 6.31. The summed E-state index contributed by atoms with van der Waals surface area (Å²) in [6.07, 6.45) is 3.47. The smallest absolute Gasteiger partial charge is 0.240 e. The van der Waals surface area contributed by atoms with Crippen LogP contribution in [0, 0.1) is 5.92 Å². The van der Waals surface area contributed by atoms with Crippen LogP contribution in [0.2, 0.25) is 0 Å². The van der Waals surface area contributed by atoms with Crippen molar-refractivity contribution in [2.45, 2.75) is 37.6 Å². The highest BCUT2D eigenvalue weighted by Gasteiger charge is 2.32. The zero-order valence-electron chi connectivity index (χ0n) is 13.1. The van der Waals surface area contributed by atoms with Gasteiger partial charge in [-0.2, -0.15) is 4.98 Å². The van der Waals surface area contributed by atoms with E-state index in [4.69, 9.17) is 26.6 Å². The molecule has 4 rings (SSSR count). The minimum absolute atomic E-state index is 0.225. The first-order valence-corrected chi connectivity index (χ1v) is 8.52. The maximum atomic E-state index is 6.31. The number of hydrogen-bond acceptors (Lipinski definition) is 5. The second-order valence-corrected chi connectivity index (χ2v) is 6.64. The predicted molar refractivity (Wildman–Crippen MR) is 90.3 cm³/mol. The lowest BCUT2D eigenvalue weighted by molar-refractivity contribution is -0.0416. The molecule has 1 fully saturated rings. The molecule has 1 aliphatic rings. The maximum Gasteiger partial charge on any atom is 0.240 e. The van der Waals surface area contributed by atoms with Gasteiger partial charge >= 0.3 is 0 Å². The van der Waals surface area contributed by atoms with Gasteiger partial charge in [-0.25, -0.2) is 0 Å². The molecule has 24 heavy (non-hydrogen) atoms. The van der Waals surface area contributed by atoms with Crippen LogP contribution in [0.4, 0.5) is 0 Å².